The number of aliphatic hydroxyl groups excluding tert-OH is 1. The van der Waals surface area contributed by atoms with Crippen molar-refractivity contribution in [2.75, 3.05) is 25.1 Å². The number of ether oxygens (including phenoxy) is 2. The molecule has 0 bridgehead atoms. The Bertz CT molecular complexity index is 543. The van der Waals surface area contributed by atoms with E-state index in [1.165, 1.54) is 18.2 Å². The fraction of sp³-hybridized carbons (Fsp3) is 0.308. The zero-order valence-electron chi connectivity index (χ0n) is 11.4. The standard InChI is InChI=1S/C13H16N2O6/c1-2-20-13(19)12(18)15-8-4-3-5-9(21-7-6-16)10(8)11(14)17/h3-5,16H,2,6-7H2,1H3,(H2,14,17)(H,15,18). The van der Waals surface area contributed by atoms with Gasteiger partial charge in [-0.05, 0) is 19.1 Å². The highest BCUT2D eigenvalue weighted by atomic mass is 16.5. The largest absolute Gasteiger partial charge is 0.490 e. The molecule has 21 heavy (non-hydrogen) atoms. The number of esters is 1. The maximum Gasteiger partial charge on any atom is 0.397 e. The maximum absolute atomic E-state index is 11.6. The van der Waals surface area contributed by atoms with E-state index >= 15 is 0 Å². The summed E-state index contributed by atoms with van der Waals surface area (Å²) in [6.45, 7) is 1.31. The van der Waals surface area contributed by atoms with Gasteiger partial charge in [-0.25, -0.2) is 4.79 Å². The van der Waals surface area contributed by atoms with E-state index in [4.69, 9.17) is 15.6 Å². The molecule has 0 heterocycles. The van der Waals surface area contributed by atoms with Gasteiger partial charge >= 0.3 is 11.9 Å². The first-order valence-corrected chi connectivity index (χ1v) is 6.15. The van der Waals surface area contributed by atoms with Crippen LogP contribution in [0, 0.1) is 0 Å². The summed E-state index contributed by atoms with van der Waals surface area (Å²) < 4.78 is 9.70. The highest BCUT2D eigenvalue weighted by molar-refractivity contribution is 6.37. The second-order valence-corrected chi connectivity index (χ2v) is 3.79. The van der Waals surface area contributed by atoms with Crippen molar-refractivity contribution in [3.05, 3.63) is 23.8 Å². The third kappa shape index (κ3) is 4.46. The Morgan fingerprint density at radius 1 is 1.33 bits per heavy atom. The van der Waals surface area contributed by atoms with Crippen molar-refractivity contribution in [1.82, 2.24) is 0 Å². The van der Waals surface area contributed by atoms with E-state index < -0.39 is 17.8 Å². The zero-order valence-corrected chi connectivity index (χ0v) is 11.4. The predicted octanol–water partition coefficient (Wildman–Crippen LogP) is -0.342. The van der Waals surface area contributed by atoms with E-state index in [2.05, 4.69) is 10.1 Å². The Balaban J connectivity index is 3.03. The molecule has 4 N–H and O–H groups in total. The first-order chi connectivity index (χ1) is 10.0. The molecule has 0 aliphatic heterocycles. The lowest BCUT2D eigenvalue weighted by Crippen LogP contribution is -2.27. The summed E-state index contributed by atoms with van der Waals surface area (Å²) in [5.74, 6) is -2.85. The minimum atomic E-state index is -1.07. The van der Waals surface area contributed by atoms with E-state index in [0.717, 1.165) is 0 Å². The van der Waals surface area contributed by atoms with Crippen molar-refractivity contribution in [1.29, 1.82) is 0 Å². The van der Waals surface area contributed by atoms with Crippen LogP contribution in [0.3, 0.4) is 0 Å². The molecule has 1 aromatic rings. The monoisotopic (exact) mass is 296 g/mol. The van der Waals surface area contributed by atoms with Crippen LogP contribution in [0.2, 0.25) is 0 Å². The molecule has 0 atom stereocenters. The normalized spacial score (nSPS) is 9.81. The Morgan fingerprint density at radius 2 is 2.05 bits per heavy atom. The molecule has 2 amide bonds. The van der Waals surface area contributed by atoms with Gasteiger partial charge in [0.05, 0.1) is 18.9 Å². The van der Waals surface area contributed by atoms with Gasteiger partial charge in [0.15, 0.2) is 0 Å². The van der Waals surface area contributed by atoms with Gasteiger partial charge in [0, 0.05) is 0 Å². The van der Waals surface area contributed by atoms with Crippen LogP contribution in [0.25, 0.3) is 0 Å². The lowest BCUT2D eigenvalue weighted by molar-refractivity contribution is -0.152. The van der Waals surface area contributed by atoms with Crippen LogP contribution in [-0.2, 0) is 14.3 Å². The number of benzene rings is 1. The minimum absolute atomic E-state index is 0.0241. The number of carbonyl (C=O) groups is 3. The Hall–Kier alpha value is -2.61. The van der Waals surface area contributed by atoms with Crippen molar-refractivity contribution in [3.63, 3.8) is 0 Å². The first-order valence-electron chi connectivity index (χ1n) is 6.15. The van der Waals surface area contributed by atoms with Crippen LogP contribution in [-0.4, -0.2) is 42.7 Å². The van der Waals surface area contributed by atoms with Gasteiger partial charge in [0.2, 0.25) is 0 Å². The number of hydrogen-bond acceptors (Lipinski definition) is 6. The molecule has 0 radical (unpaired) electrons. The number of primary amides is 1. The van der Waals surface area contributed by atoms with E-state index in [0.29, 0.717) is 0 Å². The Morgan fingerprint density at radius 3 is 2.62 bits per heavy atom. The van der Waals surface area contributed by atoms with Gasteiger partial charge in [-0.15, -0.1) is 0 Å². The van der Waals surface area contributed by atoms with Gasteiger partial charge in [0.1, 0.15) is 17.9 Å². The minimum Gasteiger partial charge on any atom is -0.490 e. The Kier molecular flexibility index (Phi) is 6.15. The SMILES string of the molecule is CCOC(=O)C(=O)Nc1cccc(OCCO)c1C(N)=O. The fourth-order valence-electron chi connectivity index (χ4n) is 1.54. The summed E-state index contributed by atoms with van der Waals surface area (Å²) in [6, 6.07) is 4.35. The van der Waals surface area contributed by atoms with Crippen LogP contribution in [0.15, 0.2) is 18.2 Å². The van der Waals surface area contributed by atoms with Crippen molar-refractivity contribution < 1.29 is 29.0 Å². The number of carbonyl (C=O) groups excluding carboxylic acids is 3. The van der Waals surface area contributed by atoms with Crippen molar-refractivity contribution >= 4 is 23.5 Å². The van der Waals surface area contributed by atoms with Crippen LogP contribution in [0.1, 0.15) is 17.3 Å². The smallest absolute Gasteiger partial charge is 0.397 e. The number of nitrogens with one attached hydrogen (secondary N) is 1. The van der Waals surface area contributed by atoms with Gasteiger partial charge in [-0.2, -0.15) is 0 Å². The molecule has 0 unspecified atom stereocenters. The van der Waals surface area contributed by atoms with E-state index in [9.17, 15) is 14.4 Å². The summed E-state index contributed by atoms with van der Waals surface area (Å²) in [6.07, 6.45) is 0. The second-order valence-electron chi connectivity index (χ2n) is 3.79. The van der Waals surface area contributed by atoms with Crippen molar-refractivity contribution in [3.8, 4) is 5.75 Å². The lowest BCUT2D eigenvalue weighted by atomic mass is 10.1. The molecule has 1 aromatic carbocycles. The van der Waals surface area contributed by atoms with E-state index in [1.807, 2.05) is 0 Å². The van der Waals surface area contributed by atoms with Crippen molar-refractivity contribution in [2.24, 2.45) is 5.73 Å². The molecule has 0 fully saturated rings. The summed E-state index contributed by atoms with van der Waals surface area (Å²) in [5.41, 5.74) is 5.18. The average Bonchev–Trinajstić information content (AvgIpc) is 2.44. The topological polar surface area (TPSA) is 128 Å². The molecular formula is C13H16N2O6. The molecule has 0 aromatic heterocycles. The Labute approximate surface area is 120 Å². The van der Waals surface area contributed by atoms with Gasteiger partial charge in [0.25, 0.3) is 5.91 Å². The summed E-state index contributed by atoms with van der Waals surface area (Å²) in [5, 5.41) is 11.0. The van der Waals surface area contributed by atoms with Crippen LogP contribution in [0.5, 0.6) is 5.75 Å². The summed E-state index contributed by atoms with van der Waals surface area (Å²) >= 11 is 0. The quantitative estimate of drug-likeness (QED) is 0.486. The molecule has 114 valence electrons. The summed E-state index contributed by atoms with van der Waals surface area (Å²) in [7, 11) is 0. The first kappa shape index (κ1) is 16.4. The third-order valence-corrected chi connectivity index (χ3v) is 2.33. The third-order valence-electron chi connectivity index (χ3n) is 2.33. The highest BCUT2D eigenvalue weighted by Crippen LogP contribution is 2.26. The van der Waals surface area contributed by atoms with Crippen LogP contribution >= 0.6 is 0 Å². The van der Waals surface area contributed by atoms with E-state index in [1.54, 1.807) is 6.92 Å². The number of anilines is 1. The molecule has 8 heteroatoms. The molecule has 0 aliphatic rings. The van der Waals surface area contributed by atoms with Crippen molar-refractivity contribution in [2.45, 2.75) is 6.92 Å². The maximum atomic E-state index is 11.6. The van der Waals surface area contributed by atoms with Crippen LogP contribution in [0.4, 0.5) is 5.69 Å². The number of rotatable bonds is 6. The van der Waals surface area contributed by atoms with E-state index in [-0.39, 0.29) is 36.8 Å². The summed E-state index contributed by atoms with van der Waals surface area (Å²) in [4.78, 5) is 34.3. The molecule has 0 saturated carbocycles. The molecule has 1 rings (SSSR count). The highest BCUT2D eigenvalue weighted by Gasteiger charge is 2.20. The number of amides is 2. The fourth-order valence-corrected chi connectivity index (χ4v) is 1.54. The van der Waals surface area contributed by atoms with Crippen LogP contribution < -0.4 is 15.8 Å². The molecule has 8 nitrogen and oxygen atoms in total. The zero-order chi connectivity index (χ0) is 15.8. The number of aliphatic hydroxyl groups is 1. The molecule has 0 saturated heterocycles. The lowest BCUT2D eigenvalue weighted by Gasteiger charge is -2.13. The second kappa shape index (κ2) is 7.85. The molecular weight excluding hydrogens is 280 g/mol. The van der Waals surface area contributed by atoms with Gasteiger partial charge in [-0.3, -0.25) is 9.59 Å². The number of hydrogen-bond donors (Lipinski definition) is 3. The average molecular weight is 296 g/mol. The number of nitrogens with two attached hydrogens (primary N) is 1. The predicted molar refractivity (Wildman–Crippen MR) is 72.8 cm³/mol. The van der Waals surface area contributed by atoms with Gasteiger partial charge < -0.3 is 25.6 Å². The molecule has 0 aliphatic carbocycles. The molecule has 0 spiro atoms. The van der Waals surface area contributed by atoms with Gasteiger partial charge in [-0.1, -0.05) is 6.07 Å².